The lowest BCUT2D eigenvalue weighted by Crippen LogP contribution is -2.77. The van der Waals surface area contributed by atoms with Gasteiger partial charge >= 0.3 is 12.1 Å². The molecule has 0 bridgehead atoms. The smallest absolute Gasteiger partial charge is 0.404 e. The molecule has 3 rings (SSSR count). The summed E-state index contributed by atoms with van der Waals surface area (Å²) < 4.78 is 42.4. The largest absolute Gasteiger partial charge is 0.480 e. The first-order valence-corrected chi connectivity index (χ1v) is 12.3. The summed E-state index contributed by atoms with van der Waals surface area (Å²) in [5, 5.41) is 22.9. The van der Waals surface area contributed by atoms with E-state index < -0.39 is 47.8 Å². The van der Waals surface area contributed by atoms with E-state index in [1.54, 1.807) is 6.92 Å². The summed E-state index contributed by atoms with van der Waals surface area (Å²) in [5.74, 6) is -6.49. The van der Waals surface area contributed by atoms with Crippen LogP contribution in [0.5, 0.6) is 0 Å². The number of thiophene rings is 1. The number of likely N-dealkylation sites (tertiary alicyclic amines) is 1. The van der Waals surface area contributed by atoms with E-state index in [9.17, 15) is 33.0 Å². The number of rotatable bonds is 8. The van der Waals surface area contributed by atoms with Crippen molar-refractivity contribution in [2.24, 2.45) is 17.8 Å². The van der Waals surface area contributed by atoms with Crippen molar-refractivity contribution in [2.45, 2.75) is 76.5 Å². The molecule has 3 N–H and O–H groups in total. The Morgan fingerprint density at radius 1 is 1.31 bits per heavy atom. The van der Waals surface area contributed by atoms with Crippen LogP contribution in [0.15, 0.2) is 15.9 Å². The minimum absolute atomic E-state index is 0.361. The summed E-state index contributed by atoms with van der Waals surface area (Å²) in [6.45, 7) is 2.77. The van der Waals surface area contributed by atoms with Crippen molar-refractivity contribution in [1.82, 2.24) is 10.2 Å². The molecular formula is C21H28BrF3N2O4S. The topological polar surface area (TPSA) is 89.9 Å². The van der Waals surface area contributed by atoms with Gasteiger partial charge in [0, 0.05) is 4.88 Å². The molecule has 1 aliphatic carbocycles. The van der Waals surface area contributed by atoms with Gasteiger partial charge in [0.05, 0.1) is 9.70 Å². The molecule has 1 aromatic rings. The highest BCUT2D eigenvalue weighted by Gasteiger charge is 2.61. The van der Waals surface area contributed by atoms with Gasteiger partial charge in [-0.25, -0.2) is 4.79 Å². The molecule has 180 valence electrons. The summed E-state index contributed by atoms with van der Waals surface area (Å²) in [4.78, 5) is 26.5. The summed E-state index contributed by atoms with van der Waals surface area (Å²) in [6, 6.07) is 0.286. The predicted octanol–water partition coefficient (Wildman–Crippen LogP) is 4.37. The first kappa shape index (κ1) is 25.5. The number of aliphatic carboxylic acids is 1. The highest BCUT2D eigenvalue weighted by Crippen LogP contribution is 2.41. The van der Waals surface area contributed by atoms with Crippen LogP contribution in [0.25, 0.3) is 0 Å². The fraction of sp³-hybridized carbons (Fsp3) is 0.714. The Labute approximate surface area is 197 Å². The maximum absolute atomic E-state index is 13.8. The fourth-order valence-corrected chi connectivity index (χ4v) is 6.64. The van der Waals surface area contributed by atoms with Gasteiger partial charge in [0.1, 0.15) is 12.1 Å². The molecule has 1 aliphatic heterocycles. The quantitative estimate of drug-likeness (QED) is 0.336. The van der Waals surface area contributed by atoms with E-state index in [-0.39, 0.29) is 5.92 Å². The average molecular weight is 541 g/mol. The molecule has 0 aromatic carbocycles. The van der Waals surface area contributed by atoms with Gasteiger partial charge in [0.15, 0.2) is 5.85 Å². The molecule has 0 radical (unpaired) electrons. The minimum atomic E-state index is -4.64. The lowest BCUT2D eigenvalue weighted by Gasteiger charge is -2.54. The Morgan fingerprint density at radius 2 is 1.94 bits per heavy atom. The first-order valence-electron chi connectivity index (χ1n) is 10.7. The molecule has 2 fully saturated rings. The van der Waals surface area contributed by atoms with Gasteiger partial charge in [-0.2, -0.15) is 13.2 Å². The van der Waals surface area contributed by atoms with Crippen molar-refractivity contribution >= 4 is 39.1 Å². The minimum Gasteiger partial charge on any atom is -0.480 e. The molecule has 1 saturated heterocycles. The molecule has 11 heteroatoms. The molecule has 6 nitrogen and oxygen atoms in total. The third-order valence-electron chi connectivity index (χ3n) is 6.53. The number of nitrogens with zero attached hydrogens (tertiary/aromatic N) is 1. The van der Waals surface area contributed by atoms with Crippen LogP contribution in [-0.4, -0.2) is 51.1 Å². The Kier molecular flexibility index (Phi) is 7.63. The fourth-order valence-electron chi connectivity index (χ4n) is 5.02. The summed E-state index contributed by atoms with van der Waals surface area (Å²) in [7, 11) is 0. The monoisotopic (exact) mass is 540 g/mol. The SMILES string of the molecule is C[C@H](Cc1ccc(Br)s1)[C@H]1C(=O)N(C(C)(O)N[C@@H](C2CCCCC2)C(F)(F)F)[C@@H]1C(=O)O. The second-order valence-corrected chi connectivity index (χ2v) is 11.5. The maximum atomic E-state index is 13.8. The number of amides is 1. The number of hydrogen-bond acceptors (Lipinski definition) is 5. The van der Waals surface area contributed by atoms with Crippen LogP contribution in [0.3, 0.4) is 0 Å². The zero-order valence-electron chi connectivity index (χ0n) is 17.9. The predicted molar refractivity (Wildman–Crippen MR) is 117 cm³/mol. The third kappa shape index (κ3) is 5.31. The van der Waals surface area contributed by atoms with E-state index in [1.165, 1.54) is 11.3 Å². The highest BCUT2D eigenvalue weighted by molar-refractivity contribution is 9.11. The zero-order valence-corrected chi connectivity index (χ0v) is 20.3. The first-order chi connectivity index (χ1) is 14.8. The van der Waals surface area contributed by atoms with Gasteiger partial charge in [-0.05, 0) is 66.1 Å². The number of halogens is 4. The summed E-state index contributed by atoms with van der Waals surface area (Å²) in [6.07, 6.45) is -1.27. The van der Waals surface area contributed by atoms with Crippen LogP contribution in [0.1, 0.15) is 50.8 Å². The van der Waals surface area contributed by atoms with Crippen LogP contribution < -0.4 is 5.32 Å². The summed E-state index contributed by atoms with van der Waals surface area (Å²) >= 11 is 4.83. The van der Waals surface area contributed by atoms with Crippen LogP contribution in [0.2, 0.25) is 0 Å². The number of carbonyl (C=O) groups excluding carboxylic acids is 1. The molecule has 2 heterocycles. The van der Waals surface area contributed by atoms with E-state index in [0.717, 1.165) is 22.0 Å². The molecular weight excluding hydrogens is 513 g/mol. The Balaban J connectivity index is 1.78. The van der Waals surface area contributed by atoms with E-state index in [0.29, 0.717) is 37.0 Å². The number of hydrogen-bond donors (Lipinski definition) is 3. The molecule has 1 unspecified atom stereocenters. The molecule has 32 heavy (non-hydrogen) atoms. The van der Waals surface area contributed by atoms with E-state index >= 15 is 0 Å². The molecule has 2 aliphatic rings. The van der Waals surface area contributed by atoms with Crippen LogP contribution in [0, 0.1) is 17.8 Å². The van der Waals surface area contributed by atoms with E-state index in [2.05, 4.69) is 21.2 Å². The zero-order chi connectivity index (χ0) is 23.8. The second-order valence-electron chi connectivity index (χ2n) is 8.99. The standard InChI is InChI=1S/C21H28BrF3N2O4S/c1-11(10-13-8-9-14(22)32-13)15-16(19(29)30)27(18(15)28)20(2,31)26-17(21(23,24)25)12-6-4-3-5-7-12/h8-9,11-12,15-17,26,31H,3-7,10H2,1-2H3,(H,29,30)/t11-,15-,16+,17+,20?/m1/s1. The van der Waals surface area contributed by atoms with Crippen molar-refractivity contribution in [3.63, 3.8) is 0 Å². The Hall–Kier alpha value is -1.17. The van der Waals surface area contributed by atoms with Crippen molar-refractivity contribution in [3.05, 3.63) is 20.8 Å². The van der Waals surface area contributed by atoms with Gasteiger partial charge in [-0.3, -0.25) is 15.0 Å². The van der Waals surface area contributed by atoms with E-state index in [4.69, 9.17) is 0 Å². The van der Waals surface area contributed by atoms with Gasteiger partial charge in [0.25, 0.3) is 0 Å². The lowest BCUT2D eigenvalue weighted by molar-refractivity contribution is -0.239. The van der Waals surface area contributed by atoms with Gasteiger partial charge in [-0.1, -0.05) is 26.2 Å². The average Bonchev–Trinajstić information content (AvgIpc) is 3.08. The molecule has 1 saturated carbocycles. The highest BCUT2D eigenvalue weighted by atomic mass is 79.9. The van der Waals surface area contributed by atoms with Crippen molar-refractivity contribution < 1.29 is 33.0 Å². The maximum Gasteiger partial charge on any atom is 0.404 e. The van der Waals surface area contributed by atoms with Crippen LogP contribution in [-0.2, 0) is 16.0 Å². The van der Waals surface area contributed by atoms with Crippen LogP contribution >= 0.6 is 27.3 Å². The number of carboxylic acids is 1. The van der Waals surface area contributed by atoms with Crippen molar-refractivity contribution in [1.29, 1.82) is 0 Å². The van der Waals surface area contributed by atoms with Crippen molar-refractivity contribution in [2.75, 3.05) is 0 Å². The molecule has 1 aromatic heterocycles. The van der Waals surface area contributed by atoms with Crippen LogP contribution in [0.4, 0.5) is 13.2 Å². The third-order valence-corrected chi connectivity index (χ3v) is 8.18. The lowest BCUT2D eigenvalue weighted by atomic mass is 9.75. The van der Waals surface area contributed by atoms with Crippen molar-refractivity contribution in [3.8, 4) is 0 Å². The Bertz CT molecular complexity index is 841. The number of nitrogens with one attached hydrogen (secondary N) is 1. The van der Waals surface area contributed by atoms with Gasteiger partial charge < -0.3 is 10.2 Å². The van der Waals surface area contributed by atoms with Gasteiger partial charge in [0.2, 0.25) is 5.91 Å². The second kappa shape index (κ2) is 9.60. The Morgan fingerprint density at radius 3 is 2.44 bits per heavy atom. The van der Waals surface area contributed by atoms with Gasteiger partial charge in [-0.15, -0.1) is 11.3 Å². The number of carboxylic acid groups (broad SMARTS) is 1. The molecule has 0 spiro atoms. The molecule has 1 amide bonds. The molecule has 5 atom stereocenters. The summed E-state index contributed by atoms with van der Waals surface area (Å²) in [5.41, 5.74) is 0. The normalized spacial score (nSPS) is 26.3. The van der Waals surface area contributed by atoms with E-state index in [1.807, 2.05) is 12.1 Å². The number of aliphatic hydroxyl groups is 1. The number of β-lactam (4-membered cyclic amide) rings is 1. The number of alkyl halides is 3. The number of carbonyl (C=O) groups is 2.